The molecule has 30 heavy (non-hydrogen) atoms. The van der Waals surface area contributed by atoms with E-state index < -0.39 is 17.9 Å². The third kappa shape index (κ3) is 4.96. The van der Waals surface area contributed by atoms with E-state index in [1.54, 1.807) is 18.2 Å². The largest absolute Gasteiger partial charge is 0.481 e. The van der Waals surface area contributed by atoms with Crippen molar-refractivity contribution in [3.63, 3.8) is 0 Å². The minimum absolute atomic E-state index is 0.232. The van der Waals surface area contributed by atoms with Gasteiger partial charge in [0.1, 0.15) is 0 Å². The van der Waals surface area contributed by atoms with Crippen LogP contribution < -0.4 is 10.1 Å². The summed E-state index contributed by atoms with van der Waals surface area (Å²) >= 11 is 5.97. The number of aromatic nitrogens is 1. The molecule has 3 rings (SSSR count). The summed E-state index contributed by atoms with van der Waals surface area (Å²) in [6, 6.07) is 15.5. The van der Waals surface area contributed by atoms with Crippen molar-refractivity contribution in [3.05, 3.63) is 82.5 Å². The summed E-state index contributed by atoms with van der Waals surface area (Å²) in [5, 5.41) is 12.7. The number of methoxy groups -OCH3 is 1. The molecule has 0 aliphatic heterocycles. The quantitative estimate of drug-likeness (QED) is 0.575. The normalized spacial score (nSPS) is 11.6. The average molecular weight is 425 g/mol. The highest BCUT2D eigenvalue weighted by molar-refractivity contribution is 6.30. The van der Waals surface area contributed by atoms with E-state index in [9.17, 15) is 14.7 Å². The van der Waals surface area contributed by atoms with Gasteiger partial charge in [0.25, 0.3) is 5.91 Å². The molecule has 2 aromatic carbocycles. The third-order valence-electron chi connectivity index (χ3n) is 4.71. The average Bonchev–Trinajstić information content (AvgIpc) is 2.73. The Labute approximate surface area is 179 Å². The first-order chi connectivity index (χ1) is 14.4. The maximum absolute atomic E-state index is 13.0. The molecule has 0 spiro atoms. The molecule has 0 saturated carbocycles. The Morgan fingerprint density at radius 2 is 1.87 bits per heavy atom. The number of hydrogen-bond acceptors (Lipinski definition) is 4. The predicted molar refractivity (Wildman–Crippen MR) is 115 cm³/mol. The lowest BCUT2D eigenvalue weighted by molar-refractivity contribution is -0.137. The van der Waals surface area contributed by atoms with Crippen LogP contribution in [-0.4, -0.2) is 29.1 Å². The van der Waals surface area contributed by atoms with Gasteiger partial charge in [-0.15, -0.1) is 0 Å². The van der Waals surface area contributed by atoms with Gasteiger partial charge in [-0.25, -0.2) is 4.98 Å². The van der Waals surface area contributed by atoms with Crippen LogP contribution in [0.4, 0.5) is 0 Å². The fourth-order valence-corrected chi connectivity index (χ4v) is 3.33. The molecule has 0 aliphatic carbocycles. The molecule has 3 aromatic rings. The topological polar surface area (TPSA) is 88.5 Å². The molecule has 0 fully saturated rings. The van der Waals surface area contributed by atoms with Crippen LogP contribution in [0.15, 0.2) is 60.8 Å². The number of carboxylic acid groups (broad SMARTS) is 1. The summed E-state index contributed by atoms with van der Waals surface area (Å²) < 4.78 is 5.33. The second-order valence-electron chi connectivity index (χ2n) is 6.77. The summed E-state index contributed by atoms with van der Waals surface area (Å²) in [6.07, 6.45) is 1.17. The van der Waals surface area contributed by atoms with Gasteiger partial charge in [0.2, 0.25) is 5.88 Å². The molecule has 6 nitrogen and oxygen atoms in total. The van der Waals surface area contributed by atoms with E-state index >= 15 is 0 Å². The Balaban J connectivity index is 1.93. The number of nitrogens with one attached hydrogen (secondary N) is 1. The zero-order valence-corrected chi connectivity index (χ0v) is 17.3. The highest BCUT2D eigenvalue weighted by atomic mass is 35.5. The van der Waals surface area contributed by atoms with E-state index in [1.165, 1.54) is 13.3 Å². The van der Waals surface area contributed by atoms with Crippen molar-refractivity contribution in [3.8, 4) is 17.0 Å². The summed E-state index contributed by atoms with van der Waals surface area (Å²) in [4.78, 5) is 28.6. The van der Waals surface area contributed by atoms with Gasteiger partial charge in [0, 0.05) is 16.8 Å². The second kappa shape index (κ2) is 9.41. The second-order valence-corrected chi connectivity index (χ2v) is 7.20. The molecule has 7 heteroatoms. The summed E-state index contributed by atoms with van der Waals surface area (Å²) in [5.41, 5.74) is 3.38. The van der Waals surface area contributed by atoms with Crippen molar-refractivity contribution in [1.82, 2.24) is 10.3 Å². The molecule has 0 saturated heterocycles. The summed E-state index contributed by atoms with van der Waals surface area (Å²) in [6.45, 7) is 1.88. The van der Waals surface area contributed by atoms with Crippen molar-refractivity contribution in [2.45, 2.75) is 19.4 Å². The summed E-state index contributed by atoms with van der Waals surface area (Å²) in [7, 11) is 1.50. The Bertz CT molecular complexity index is 1070. The Morgan fingerprint density at radius 3 is 2.50 bits per heavy atom. The minimum Gasteiger partial charge on any atom is -0.481 e. The number of carbonyl (C=O) groups excluding carboxylic acids is 1. The van der Waals surface area contributed by atoms with Crippen LogP contribution in [0, 0.1) is 6.92 Å². The van der Waals surface area contributed by atoms with E-state index in [-0.39, 0.29) is 6.42 Å². The van der Waals surface area contributed by atoms with Crippen molar-refractivity contribution in [2.24, 2.45) is 0 Å². The fourth-order valence-electron chi connectivity index (χ4n) is 3.21. The van der Waals surface area contributed by atoms with Crippen molar-refractivity contribution < 1.29 is 19.4 Å². The number of nitrogens with zero attached hydrogens (tertiary/aromatic N) is 1. The number of carbonyl (C=O) groups is 2. The highest BCUT2D eigenvalue weighted by Crippen LogP contribution is 2.30. The Hall–Kier alpha value is -3.38. The van der Waals surface area contributed by atoms with E-state index in [1.807, 2.05) is 43.3 Å². The number of rotatable bonds is 7. The third-order valence-corrected chi connectivity index (χ3v) is 4.96. The smallest absolute Gasteiger partial charge is 0.305 e. The first-order valence-corrected chi connectivity index (χ1v) is 9.65. The van der Waals surface area contributed by atoms with Crippen LogP contribution >= 0.6 is 11.6 Å². The van der Waals surface area contributed by atoms with Crippen LogP contribution in [-0.2, 0) is 4.79 Å². The molecule has 154 valence electrons. The van der Waals surface area contributed by atoms with Gasteiger partial charge in [-0.2, -0.15) is 0 Å². The van der Waals surface area contributed by atoms with Crippen LogP contribution in [0.3, 0.4) is 0 Å². The van der Waals surface area contributed by atoms with Gasteiger partial charge >= 0.3 is 5.97 Å². The molecular weight excluding hydrogens is 404 g/mol. The van der Waals surface area contributed by atoms with Gasteiger partial charge in [-0.1, -0.05) is 48.0 Å². The van der Waals surface area contributed by atoms with Gasteiger partial charge in [0.05, 0.1) is 25.1 Å². The lowest BCUT2D eigenvalue weighted by Gasteiger charge is -2.20. The van der Waals surface area contributed by atoms with Crippen molar-refractivity contribution in [2.75, 3.05) is 7.11 Å². The van der Waals surface area contributed by atoms with Gasteiger partial charge < -0.3 is 15.2 Å². The van der Waals surface area contributed by atoms with Gasteiger partial charge in [-0.3, -0.25) is 9.59 Å². The van der Waals surface area contributed by atoms with Crippen LogP contribution in [0.1, 0.15) is 33.9 Å². The highest BCUT2D eigenvalue weighted by Gasteiger charge is 2.21. The van der Waals surface area contributed by atoms with Crippen LogP contribution in [0.5, 0.6) is 5.88 Å². The molecule has 1 atom stereocenters. The monoisotopic (exact) mass is 424 g/mol. The molecular formula is C23H21ClN2O4. The van der Waals surface area contributed by atoms with Crippen LogP contribution in [0.25, 0.3) is 11.1 Å². The fraction of sp³-hybridized carbons (Fsp3) is 0.174. The lowest BCUT2D eigenvalue weighted by atomic mass is 9.98. The summed E-state index contributed by atoms with van der Waals surface area (Å²) in [5.74, 6) is -1.05. The van der Waals surface area contributed by atoms with Crippen molar-refractivity contribution in [1.29, 1.82) is 0 Å². The zero-order valence-electron chi connectivity index (χ0n) is 16.6. The molecule has 1 unspecified atom stereocenters. The van der Waals surface area contributed by atoms with E-state index in [2.05, 4.69) is 10.3 Å². The number of amides is 1. The molecule has 1 aromatic heterocycles. The predicted octanol–water partition coefficient (Wildman–Crippen LogP) is 4.66. The Morgan fingerprint density at radius 1 is 1.17 bits per heavy atom. The first-order valence-electron chi connectivity index (χ1n) is 9.27. The molecule has 0 radical (unpaired) electrons. The number of carboxylic acids is 1. The number of halogens is 1. The number of aryl methyl sites for hydroxylation is 1. The number of hydrogen-bond donors (Lipinski definition) is 2. The number of benzene rings is 2. The zero-order chi connectivity index (χ0) is 21.7. The van der Waals surface area contributed by atoms with Crippen molar-refractivity contribution >= 4 is 23.5 Å². The van der Waals surface area contributed by atoms with E-state index in [4.69, 9.17) is 16.3 Å². The maximum atomic E-state index is 13.0. The Kier molecular flexibility index (Phi) is 6.69. The molecule has 1 heterocycles. The number of ether oxygens (including phenoxy) is 1. The SMILES string of the molecule is COc1ncc(C(=O)NC(CC(=O)O)c2ccccc2C)cc1-c1ccc(Cl)cc1. The first kappa shape index (κ1) is 21.3. The molecule has 2 N–H and O–H groups in total. The molecule has 1 amide bonds. The minimum atomic E-state index is -1.00. The molecule has 0 bridgehead atoms. The van der Waals surface area contributed by atoms with E-state index in [0.717, 1.165) is 16.7 Å². The maximum Gasteiger partial charge on any atom is 0.305 e. The van der Waals surface area contributed by atoms with Crippen LogP contribution in [0.2, 0.25) is 5.02 Å². The van der Waals surface area contributed by atoms with Gasteiger partial charge in [-0.05, 0) is 41.8 Å². The number of pyridine rings is 1. The standard InChI is InChI=1S/C23H21ClN2O4/c1-14-5-3-4-6-18(14)20(12-21(27)28)26-22(29)16-11-19(23(30-2)25-13-16)15-7-9-17(24)10-8-15/h3-11,13,20H,12H2,1-2H3,(H,26,29)(H,27,28). The van der Waals surface area contributed by atoms with E-state index in [0.29, 0.717) is 22.0 Å². The van der Waals surface area contributed by atoms with Gasteiger partial charge in [0.15, 0.2) is 0 Å². The molecule has 0 aliphatic rings. The lowest BCUT2D eigenvalue weighted by Crippen LogP contribution is -2.30. The number of aliphatic carboxylic acids is 1.